The summed E-state index contributed by atoms with van der Waals surface area (Å²) in [4.78, 5) is 30.3. The van der Waals surface area contributed by atoms with E-state index in [-0.39, 0.29) is 11.8 Å². The Kier molecular flexibility index (Phi) is 3.91. The number of thiophene rings is 1. The molecule has 4 rings (SSSR count). The van der Waals surface area contributed by atoms with Crippen molar-refractivity contribution in [1.29, 1.82) is 0 Å². The van der Waals surface area contributed by atoms with Gasteiger partial charge in [0.05, 0.1) is 5.56 Å². The third-order valence-electron chi connectivity index (χ3n) is 3.90. The second-order valence-electron chi connectivity index (χ2n) is 5.46. The number of para-hydroxylation sites is 1. The average molecular weight is 350 g/mol. The molecule has 1 aliphatic heterocycles. The van der Waals surface area contributed by atoms with Gasteiger partial charge in [-0.3, -0.25) is 20.0 Å². The maximum Gasteiger partial charge on any atom is 0.276 e. The van der Waals surface area contributed by atoms with Crippen molar-refractivity contribution in [2.45, 2.75) is 6.17 Å². The Balaban J connectivity index is 1.70. The number of nitrogens with zero attached hydrogens (tertiary/aromatic N) is 2. The third-order valence-corrected chi connectivity index (χ3v) is 4.83. The van der Waals surface area contributed by atoms with Crippen molar-refractivity contribution in [3.8, 4) is 0 Å². The van der Waals surface area contributed by atoms with Crippen molar-refractivity contribution >= 4 is 28.8 Å². The number of aromatic nitrogens is 1. The highest BCUT2D eigenvalue weighted by Crippen LogP contribution is 2.33. The quantitative estimate of drug-likeness (QED) is 0.761. The van der Waals surface area contributed by atoms with E-state index < -0.39 is 6.17 Å². The molecule has 7 heteroatoms. The lowest BCUT2D eigenvalue weighted by atomic mass is 10.1. The number of carbonyl (C=O) groups excluding carboxylic acids is 2. The molecule has 3 heterocycles. The van der Waals surface area contributed by atoms with Crippen molar-refractivity contribution in [2.24, 2.45) is 0 Å². The first-order valence-electron chi connectivity index (χ1n) is 7.67. The minimum absolute atomic E-state index is 0.254. The zero-order chi connectivity index (χ0) is 17.2. The molecular weight excluding hydrogens is 336 g/mol. The number of hydrogen-bond acceptors (Lipinski definition) is 5. The molecule has 1 aromatic carbocycles. The summed E-state index contributed by atoms with van der Waals surface area (Å²) in [5.74, 6) is -0.617. The molecule has 0 spiro atoms. The number of nitrogens with one attached hydrogen (secondary N) is 2. The topological polar surface area (TPSA) is 74.3 Å². The van der Waals surface area contributed by atoms with Crippen LogP contribution in [0.2, 0.25) is 0 Å². The smallest absolute Gasteiger partial charge is 0.276 e. The number of amides is 2. The van der Waals surface area contributed by atoms with Crippen molar-refractivity contribution < 1.29 is 9.59 Å². The monoisotopic (exact) mass is 350 g/mol. The number of benzene rings is 1. The Morgan fingerprint density at radius 3 is 2.68 bits per heavy atom. The van der Waals surface area contributed by atoms with Crippen molar-refractivity contribution in [3.05, 3.63) is 82.3 Å². The van der Waals surface area contributed by atoms with Crippen LogP contribution in [0.15, 0.2) is 66.3 Å². The van der Waals surface area contributed by atoms with Crippen LogP contribution in [0.5, 0.6) is 0 Å². The van der Waals surface area contributed by atoms with E-state index in [2.05, 4.69) is 15.7 Å². The maximum atomic E-state index is 13.0. The first-order valence-corrected chi connectivity index (χ1v) is 8.55. The normalized spacial score (nSPS) is 16.1. The minimum atomic E-state index is -0.465. The molecule has 1 unspecified atom stereocenters. The number of pyridine rings is 1. The van der Waals surface area contributed by atoms with Gasteiger partial charge >= 0.3 is 0 Å². The Hall–Kier alpha value is -3.19. The van der Waals surface area contributed by atoms with Gasteiger partial charge in [-0.15, -0.1) is 11.3 Å². The van der Waals surface area contributed by atoms with E-state index in [1.807, 2.05) is 29.6 Å². The van der Waals surface area contributed by atoms with Gasteiger partial charge < -0.3 is 5.32 Å². The van der Waals surface area contributed by atoms with Crippen molar-refractivity contribution in [3.63, 3.8) is 0 Å². The largest absolute Gasteiger partial charge is 0.359 e. The molecule has 0 aliphatic carbocycles. The molecule has 0 bridgehead atoms. The molecule has 1 atom stereocenters. The van der Waals surface area contributed by atoms with Gasteiger partial charge in [-0.1, -0.05) is 18.2 Å². The molecule has 0 fully saturated rings. The fourth-order valence-electron chi connectivity index (χ4n) is 2.69. The lowest BCUT2D eigenvalue weighted by molar-refractivity contribution is 0.0494. The summed E-state index contributed by atoms with van der Waals surface area (Å²) in [5.41, 5.74) is 4.43. The summed E-state index contributed by atoms with van der Waals surface area (Å²) < 4.78 is 0. The highest BCUT2D eigenvalue weighted by molar-refractivity contribution is 7.10. The number of fused-ring (bicyclic) bond motifs is 1. The summed E-state index contributed by atoms with van der Waals surface area (Å²) in [6.45, 7) is 0. The van der Waals surface area contributed by atoms with Gasteiger partial charge in [0.25, 0.3) is 11.8 Å². The molecular formula is C18H14N4O2S. The van der Waals surface area contributed by atoms with Crippen LogP contribution in [0.3, 0.4) is 0 Å². The highest BCUT2D eigenvalue weighted by atomic mass is 32.1. The molecule has 3 aromatic rings. The zero-order valence-electron chi connectivity index (χ0n) is 13.0. The van der Waals surface area contributed by atoms with Crippen LogP contribution in [0.4, 0.5) is 5.69 Å². The molecule has 124 valence electrons. The molecule has 0 saturated heterocycles. The van der Waals surface area contributed by atoms with Gasteiger partial charge in [0.2, 0.25) is 0 Å². The average Bonchev–Trinajstić information content (AvgIpc) is 3.19. The first-order chi connectivity index (χ1) is 12.2. The SMILES string of the molecule is O=C(NN1C(=O)c2ccccc2NC1c1cccs1)c1ccncc1. The molecule has 2 aromatic heterocycles. The van der Waals surface area contributed by atoms with Crippen LogP contribution in [0.25, 0.3) is 0 Å². The van der Waals surface area contributed by atoms with Crippen LogP contribution < -0.4 is 10.7 Å². The summed E-state index contributed by atoms with van der Waals surface area (Å²) in [6.07, 6.45) is 2.61. The summed E-state index contributed by atoms with van der Waals surface area (Å²) in [5, 5.41) is 6.60. The predicted octanol–water partition coefficient (Wildman–Crippen LogP) is 3.05. The van der Waals surface area contributed by atoms with E-state index >= 15 is 0 Å². The summed E-state index contributed by atoms with van der Waals surface area (Å²) >= 11 is 1.52. The second kappa shape index (κ2) is 6.37. The molecule has 6 nitrogen and oxygen atoms in total. The number of rotatable bonds is 3. The van der Waals surface area contributed by atoms with E-state index in [0.717, 1.165) is 10.6 Å². The lowest BCUT2D eigenvalue weighted by Crippen LogP contribution is -2.52. The standard InChI is InChI=1S/C18H14N4O2S/c23-17(12-7-9-19-10-8-12)21-22-16(15-6-3-11-25-15)20-14-5-2-1-4-13(14)18(22)24/h1-11,16,20H,(H,21,23). The molecule has 2 N–H and O–H groups in total. The fourth-order valence-corrected chi connectivity index (χ4v) is 3.46. The number of carbonyl (C=O) groups is 2. The van der Waals surface area contributed by atoms with E-state index in [1.165, 1.54) is 28.7 Å². The Morgan fingerprint density at radius 1 is 1.12 bits per heavy atom. The van der Waals surface area contributed by atoms with Gasteiger partial charge in [0, 0.05) is 28.5 Å². The zero-order valence-corrected chi connectivity index (χ0v) is 13.9. The van der Waals surface area contributed by atoms with Crippen LogP contribution in [0, 0.1) is 0 Å². The lowest BCUT2D eigenvalue weighted by Gasteiger charge is -2.37. The van der Waals surface area contributed by atoms with Gasteiger partial charge in [0.1, 0.15) is 0 Å². The van der Waals surface area contributed by atoms with Crippen LogP contribution in [-0.2, 0) is 0 Å². The van der Waals surface area contributed by atoms with Crippen LogP contribution in [0.1, 0.15) is 31.8 Å². The van der Waals surface area contributed by atoms with Gasteiger partial charge in [-0.25, -0.2) is 5.01 Å². The summed E-state index contributed by atoms with van der Waals surface area (Å²) in [6, 6.07) is 14.3. The molecule has 25 heavy (non-hydrogen) atoms. The Labute approximate surface area is 148 Å². The number of hydrazine groups is 1. The van der Waals surface area contributed by atoms with Crippen LogP contribution in [-0.4, -0.2) is 21.8 Å². The number of hydrogen-bond donors (Lipinski definition) is 2. The Bertz CT molecular complexity index is 912. The minimum Gasteiger partial charge on any atom is -0.359 e. The van der Waals surface area contributed by atoms with E-state index in [9.17, 15) is 9.59 Å². The number of anilines is 1. The van der Waals surface area contributed by atoms with Gasteiger partial charge in [0.15, 0.2) is 6.17 Å². The highest BCUT2D eigenvalue weighted by Gasteiger charge is 2.34. The van der Waals surface area contributed by atoms with Crippen molar-refractivity contribution in [1.82, 2.24) is 15.4 Å². The van der Waals surface area contributed by atoms with E-state index in [1.54, 1.807) is 24.3 Å². The predicted molar refractivity (Wildman–Crippen MR) is 95.0 cm³/mol. The van der Waals surface area contributed by atoms with E-state index in [0.29, 0.717) is 11.1 Å². The Morgan fingerprint density at radius 2 is 1.92 bits per heavy atom. The van der Waals surface area contributed by atoms with Crippen molar-refractivity contribution in [2.75, 3.05) is 5.32 Å². The van der Waals surface area contributed by atoms with Gasteiger partial charge in [-0.05, 0) is 35.7 Å². The molecule has 1 aliphatic rings. The molecule has 0 saturated carbocycles. The molecule has 0 radical (unpaired) electrons. The first kappa shape index (κ1) is 15.3. The van der Waals surface area contributed by atoms with Crippen LogP contribution >= 0.6 is 11.3 Å². The second-order valence-corrected chi connectivity index (χ2v) is 6.44. The summed E-state index contributed by atoms with van der Waals surface area (Å²) in [7, 11) is 0. The van der Waals surface area contributed by atoms with Gasteiger partial charge in [-0.2, -0.15) is 0 Å². The molecule has 2 amide bonds. The fraction of sp³-hybridized carbons (Fsp3) is 0.0556. The third kappa shape index (κ3) is 2.85. The maximum absolute atomic E-state index is 13.0. The van der Waals surface area contributed by atoms with E-state index in [4.69, 9.17) is 0 Å².